The van der Waals surface area contributed by atoms with E-state index in [4.69, 9.17) is 16.3 Å². The number of nitrogens with one attached hydrogen (secondary N) is 2. The van der Waals surface area contributed by atoms with Crippen LogP contribution in [0.5, 0.6) is 5.88 Å². The Hall–Kier alpha value is -2.60. The Morgan fingerprint density at radius 2 is 2.12 bits per heavy atom. The average molecular weight is 345 g/mol. The quantitative estimate of drug-likeness (QED) is 0.744. The van der Waals surface area contributed by atoms with Crippen LogP contribution in [0.4, 0.5) is 0 Å². The maximum absolute atomic E-state index is 11.4. The molecule has 1 aromatic carbocycles. The van der Waals surface area contributed by atoms with Crippen LogP contribution >= 0.6 is 11.6 Å². The number of hydrogen-bond donors (Lipinski definition) is 2. The predicted octanol–water partition coefficient (Wildman–Crippen LogP) is 3.31. The highest BCUT2D eigenvalue weighted by molar-refractivity contribution is 6.34. The zero-order valence-electron chi connectivity index (χ0n) is 13.4. The second-order valence-corrected chi connectivity index (χ2v) is 5.70. The van der Waals surface area contributed by atoms with Crippen LogP contribution in [0.25, 0.3) is 22.2 Å². The number of rotatable bonds is 5. The number of methoxy groups -OCH3 is 1. The summed E-state index contributed by atoms with van der Waals surface area (Å²) in [6.07, 6.45) is 3.64. The first-order valence-corrected chi connectivity index (χ1v) is 7.92. The van der Waals surface area contributed by atoms with Gasteiger partial charge >= 0.3 is 0 Å². The number of amides is 1. The van der Waals surface area contributed by atoms with Gasteiger partial charge in [0, 0.05) is 28.6 Å². The molecule has 0 radical (unpaired) electrons. The molecular weight excluding hydrogens is 328 g/mol. The van der Waals surface area contributed by atoms with Gasteiger partial charge in [0.2, 0.25) is 11.8 Å². The summed E-state index contributed by atoms with van der Waals surface area (Å²) in [6, 6.07) is 5.78. The molecule has 0 saturated heterocycles. The number of fused-ring (bicyclic) bond motifs is 1. The number of benzene rings is 1. The van der Waals surface area contributed by atoms with Crippen LogP contribution in [0.1, 0.15) is 19.0 Å². The third-order valence-corrected chi connectivity index (χ3v) is 3.99. The lowest BCUT2D eigenvalue weighted by Crippen LogP contribution is -2.21. The zero-order valence-corrected chi connectivity index (χ0v) is 14.1. The number of aromatic amines is 1. The first kappa shape index (κ1) is 16.3. The minimum Gasteiger partial charge on any atom is -0.480 e. The number of aromatic nitrogens is 3. The molecule has 3 rings (SSSR count). The second kappa shape index (κ2) is 6.88. The predicted molar refractivity (Wildman–Crippen MR) is 93.0 cm³/mol. The lowest BCUT2D eigenvalue weighted by atomic mass is 10.1. The first-order valence-electron chi connectivity index (χ1n) is 7.55. The van der Waals surface area contributed by atoms with Gasteiger partial charge in [-0.1, -0.05) is 18.5 Å². The lowest BCUT2D eigenvalue weighted by Gasteiger charge is -2.05. The summed E-state index contributed by atoms with van der Waals surface area (Å²) in [6.45, 7) is 2.28. The van der Waals surface area contributed by atoms with Gasteiger partial charge in [-0.05, 0) is 18.2 Å². The number of carbonyl (C=O) groups is 1. The molecule has 0 aliphatic carbocycles. The van der Waals surface area contributed by atoms with Crippen molar-refractivity contribution in [1.29, 1.82) is 0 Å². The van der Waals surface area contributed by atoms with E-state index in [9.17, 15) is 4.79 Å². The van der Waals surface area contributed by atoms with Crippen molar-refractivity contribution in [1.82, 2.24) is 20.3 Å². The van der Waals surface area contributed by atoms with Gasteiger partial charge in [0.1, 0.15) is 0 Å². The Labute approximate surface area is 144 Å². The van der Waals surface area contributed by atoms with Crippen molar-refractivity contribution >= 4 is 28.4 Å². The summed E-state index contributed by atoms with van der Waals surface area (Å²) in [4.78, 5) is 23.1. The van der Waals surface area contributed by atoms with Crippen LogP contribution < -0.4 is 10.1 Å². The van der Waals surface area contributed by atoms with Crippen molar-refractivity contribution in [2.24, 2.45) is 0 Å². The molecule has 24 heavy (non-hydrogen) atoms. The summed E-state index contributed by atoms with van der Waals surface area (Å²) < 4.78 is 5.02. The molecule has 3 aromatic rings. The third kappa shape index (κ3) is 3.33. The molecule has 0 aliphatic rings. The van der Waals surface area contributed by atoms with E-state index in [-0.39, 0.29) is 5.91 Å². The van der Waals surface area contributed by atoms with E-state index in [1.165, 1.54) is 0 Å². The molecule has 1 amide bonds. The van der Waals surface area contributed by atoms with Gasteiger partial charge in [-0.25, -0.2) is 9.97 Å². The molecule has 7 heteroatoms. The number of H-pyrrole nitrogens is 1. The Balaban J connectivity index is 1.92. The lowest BCUT2D eigenvalue weighted by molar-refractivity contribution is -0.120. The Morgan fingerprint density at radius 3 is 2.79 bits per heavy atom. The summed E-state index contributed by atoms with van der Waals surface area (Å²) >= 11 is 6.39. The van der Waals surface area contributed by atoms with Crippen molar-refractivity contribution in [2.75, 3.05) is 7.11 Å². The van der Waals surface area contributed by atoms with Crippen LogP contribution in [0.2, 0.25) is 5.02 Å². The first-order chi connectivity index (χ1) is 11.6. The smallest absolute Gasteiger partial charge is 0.232 e. The minimum atomic E-state index is 0.0147. The normalized spacial score (nSPS) is 10.8. The fraction of sp³-hybridized carbons (Fsp3) is 0.235. The van der Waals surface area contributed by atoms with E-state index in [1.54, 1.807) is 19.5 Å². The second-order valence-electron chi connectivity index (χ2n) is 5.29. The summed E-state index contributed by atoms with van der Waals surface area (Å²) in [7, 11) is 1.54. The van der Waals surface area contributed by atoms with Crippen LogP contribution in [0, 0.1) is 0 Å². The number of halogens is 1. The van der Waals surface area contributed by atoms with Crippen molar-refractivity contribution in [3.05, 3.63) is 41.3 Å². The van der Waals surface area contributed by atoms with Gasteiger partial charge in [-0.2, -0.15) is 0 Å². The minimum absolute atomic E-state index is 0.0147. The van der Waals surface area contributed by atoms with E-state index >= 15 is 0 Å². The van der Waals surface area contributed by atoms with Crippen LogP contribution in [0.3, 0.4) is 0 Å². The van der Waals surface area contributed by atoms with Crippen LogP contribution in [0.15, 0.2) is 30.6 Å². The van der Waals surface area contributed by atoms with Crippen LogP contribution in [-0.4, -0.2) is 28.0 Å². The highest BCUT2D eigenvalue weighted by atomic mass is 35.5. The van der Waals surface area contributed by atoms with Crippen molar-refractivity contribution in [2.45, 2.75) is 19.9 Å². The Bertz CT molecular complexity index is 874. The van der Waals surface area contributed by atoms with E-state index < -0.39 is 0 Å². The molecule has 6 nitrogen and oxygen atoms in total. The maximum Gasteiger partial charge on any atom is 0.232 e. The Morgan fingerprint density at radius 1 is 1.29 bits per heavy atom. The van der Waals surface area contributed by atoms with E-state index in [0.717, 1.165) is 22.2 Å². The SMILES string of the molecule is CCC(=O)NCc1cc2cc(Cl)c(-c3cnc(OC)cn3)cc2[nH]1. The van der Waals surface area contributed by atoms with Gasteiger partial charge in [-0.3, -0.25) is 4.79 Å². The molecule has 0 aliphatic heterocycles. The highest BCUT2D eigenvalue weighted by Crippen LogP contribution is 2.31. The van der Waals surface area contributed by atoms with Crippen molar-refractivity contribution in [3.63, 3.8) is 0 Å². The summed E-state index contributed by atoms with van der Waals surface area (Å²) in [5.74, 6) is 0.464. The maximum atomic E-state index is 11.4. The molecular formula is C17H17ClN4O2. The largest absolute Gasteiger partial charge is 0.480 e. The molecule has 0 bridgehead atoms. The van der Waals surface area contributed by atoms with E-state index in [2.05, 4.69) is 20.3 Å². The monoisotopic (exact) mass is 344 g/mol. The molecule has 2 heterocycles. The molecule has 0 unspecified atom stereocenters. The molecule has 2 aromatic heterocycles. The summed E-state index contributed by atoms with van der Waals surface area (Å²) in [5, 5.41) is 4.41. The average Bonchev–Trinajstić information content (AvgIpc) is 3.00. The van der Waals surface area contributed by atoms with Crippen LogP contribution in [-0.2, 0) is 11.3 Å². The standard InChI is InChI=1S/C17H17ClN4O2/c1-3-16(23)20-7-11-4-10-5-13(18)12(6-14(10)22-11)15-8-21-17(24-2)9-19-15/h4-6,8-9,22H,3,7H2,1-2H3,(H,20,23). The summed E-state index contributed by atoms with van der Waals surface area (Å²) in [5.41, 5.74) is 3.29. The fourth-order valence-electron chi connectivity index (χ4n) is 2.38. The molecule has 0 atom stereocenters. The van der Waals surface area contributed by atoms with Gasteiger partial charge in [0.15, 0.2) is 0 Å². The molecule has 2 N–H and O–H groups in total. The van der Waals surface area contributed by atoms with Gasteiger partial charge < -0.3 is 15.0 Å². The number of hydrogen-bond acceptors (Lipinski definition) is 4. The number of ether oxygens (including phenoxy) is 1. The third-order valence-electron chi connectivity index (χ3n) is 3.67. The van der Waals surface area contributed by atoms with Crippen molar-refractivity contribution < 1.29 is 9.53 Å². The number of nitrogens with zero attached hydrogens (tertiary/aromatic N) is 2. The van der Waals surface area contributed by atoms with Gasteiger partial charge in [-0.15, -0.1) is 0 Å². The number of carbonyl (C=O) groups excluding carboxylic acids is 1. The van der Waals surface area contributed by atoms with E-state index in [0.29, 0.717) is 29.6 Å². The molecule has 0 fully saturated rings. The molecule has 0 spiro atoms. The van der Waals surface area contributed by atoms with Gasteiger partial charge in [0.25, 0.3) is 0 Å². The highest BCUT2D eigenvalue weighted by Gasteiger charge is 2.10. The molecule has 0 saturated carbocycles. The van der Waals surface area contributed by atoms with Gasteiger partial charge in [0.05, 0.1) is 36.8 Å². The Kier molecular flexibility index (Phi) is 4.66. The van der Waals surface area contributed by atoms with Crippen molar-refractivity contribution in [3.8, 4) is 17.1 Å². The molecule has 124 valence electrons. The zero-order chi connectivity index (χ0) is 17.1. The topological polar surface area (TPSA) is 79.9 Å². The fourth-order valence-corrected chi connectivity index (χ4v) is 2.65. The van der Waals surface area contributed by atoms with E-state index in [1.807, 2.05) is 25.1 Å².